The van der Waals surface area contributed by atoms with Crippen LogP contribution in [-0.2, 0) is 0 Å². The highest BCUT2D eigenvalue weighted by molar-refractivity contribution is 5.98. The van der Waals surface area contributed by atoms with Crippen molar-refractivity contribution in [3.8, 4) is 5.75 Å². The van der Waals surface area contributed by atoms with E-state index in [1.54, 1.807) is 18.2 Å². The van der Waals surface area contributed by atoms with E-state index in [0.717, 1.165) is 5.56 Å². The first-order chi connectivity index (χ1) is 9.63. The zero-order valence-electron chi connectivity index (χ0n) is 10.8. The Bertz CT molecular complexity index is 599. The van der Waals surface area contributed by atoms with E-state index < -0.39 is 11.9 Å². The number of anilines is 1. The topological polar surface area (TPSA) is 95.6 Å². The first-order valence-electron chi connectivity index (χ1n) is 6.17. The number of hydrogen-bond acceptors (Lipinski definition) is 4. The van der Waals surface area contributed by atoms with Gasteiger partial charge in [0.05, 0.1) is 23.9 Å². The summed E-state index contributed by atoms with van der Waals surface area (Å²) in [6.07, 6.45) is 0. The molecule has 0 heterocycles. The number of nitrogens with two attached hydrogens (primary N) is 1. The van der Waals surface area contributed by atoms with Crippen LogP contribution in [0.4, 0.5) is 5.69 Å². The number of nitrogens with one attached hydrogen (secondary N) is 1. The van der Waals surface area contributed by atoms with Crippen LogP contribution in [-0.4, -0.2) is 22.7 Å². The quantitative estimate of drug-likeness (QED) is 0.500. The minimum Gasteiger partial charge on any atom is -0.505 e. The first-order valence-corrected chi connectivity index (χ1v) is 6.17. The van der Waals surface area contributed by atoms with Crippen LogP contribution in [0.1, 0.15) is 22.0 Å². The highest BCUT2D eigenvalue weighted by Crippen LogP contribution is 2.25. The lowest BCUT2D eigenvalue weighted by molar-refractivity contribution is 0.0913. The summed E-state index contributed by atoms with van der Waals surface area (Å²) in [6.45, 7) is -0.237. The van der Waals surface area contributed by atoms with Crippen LogP contribution in [0.15, 0.2) is 48.5 Å². The maximum absolute atomic E-state index is 12.1. The normalized spacial score (nSPS) is 11.8. The summed E-state index contributed by atoms with van der Waals surface area (Å²) in [5, 5.41) is 21.8. The van der Waals surface area contributed by atoms with Gasteiger partial charge in [0.1, 0.15) is 0 Å². The zero-order valence-corrected chi connectivity index (χ0v) is 10.8. The molecular formula is C15H16N2O3. The standard InChI is InChI=1S/C15H16N2O3/c16-12-8-4-7-11(14(12)19)15(20)17-13(9-18)10-5-2-1-3-6-10/h1-8,13,18-19H,9,16H2,(H,17,20)/t13-/m1/s1. The van der Waals surface area contributed by atoms with Gasteiger partial charge in [-0.25, -0.2) is 0 Å². The number of nitrogen functional groups attached to an aromatic ring is 1. The Morgan fingerprint density at radius 1 is 1.15 bits per heavy atom. The lowest BCUT2D eigenvalue weighted by Crippen LogP contribution is -2.30. The molecule has 2 aromatic carbocycles. The third-order valence-corrected chi connectivity index (χ3v) is 3.00. The van der Waals surface area contributed by atoms with Gasteiger partial charge in [-0.1, -0.05) is 36.4 Å². The number of rotatable bonds is 4. The average Bonchev–Trinajstić information content (AvgIpc) is 2.48. The van der Waals surface area contributed by atoms with Gasteiger partial charge < -0.3 is 21.3 Å². The summed E-state index contributed by atoms with van der Waals surface area (Å²) < 4.78 is 0. The van der Waals surface area contributed by atoms with Gasteiger partial charge in [-0.3, -0.25) is 4.79 Å². The van der Waals surface area contributed by atoms with Crippen molar-refractivity contribution in [2.45, 2.75) is 6.04 Å². The van der Waals surface area contributed by atoms with Crippen molar-refractivity contribution in [3.63, 3.8) is 0 Å². The van der Waals surface area contributed by atoms with Crippen LogP contribution in [0, 0.1) is 0 Å². The van der Waals surface area contributed by atoms with E-state index >= 15 is 0 Å². The van der Waals surface area contributed by atoms with Crippen LogP contribution in [0.5, 0.6) is 5.75 Å². The summed E-state index contributed by atoms with van der Waals surface area (Å²) >= 11 is 0. The number of aliphatic hydroxyl groups is 1. The molecule has 104 valence electrons. The summed E-state index contributed by atoms with van der Waals surface area (Å²) in [7, 11) is 0. The second kappa shape index (κ2) is 6.08. The van der Waals surface area contributed by atoms with Gasteiger partial charge in [-0.15, -0.1) is 0 Å². The number of aromatic hydroxyl groups is 1. The van der Waals surface area contributed by atoms with E-state index in [1.807, 2.05) is 18.2 Å². The highest BCUT2D eigenvalue weighted by Gasteiger charge is 2.18. The molecule has 1 atom stereocenters. The first kappa shape index (κ1) is 13.9. The second-order valence-electron chi connectivity index (χ2n) is 4.36. The van der Waals surface area contributed by atoms with Crippen molar-refractivity contribution < 1.29 is 15.0 Å². The number of para-hydroxylation sites is 1. The molecule has 5 heteroatoms. The van der Waals surface area contributed by atoms with Crippen LogP contribution >= 0.6 is 0 Å². The summed E-state index contributed by atoms with van der Waals surface area (Å²) in [5.74, 6) is -0.743. The van der Waals surface area contributed by atoms with Gasteiger partial charge in [-0.2, -0.15) is 0 Å². The molecule has 0 unspecified atom stereocenters. The molecule has 0 radical (unpaired) electrons. The summed E-state index contributed by atoms with van der Waals surface area (Å²) in [4.78, 5) is 12.1. The fraction of sp³-hybridized carbons (Fsp3) is 0.133. The van der Waals surface area contributed by atoms with Crippen molar-refractivity contribution >= 4 is 11.6 Å². The Morgan fingerprint density at radius 2 is 1.85 bits per heavy atom. The molecule has 0 spiro atoms. The molecule has 0 saturated carbocycles. The molecule has 0 fully saturated rings. The molecule has 0 saturated heterocycles. The minimum atomic E-state index is -0.537. The lowest BCUT2D eigenvalue weighted by atomic mass is 10.1. The highest BCUT2D eigenvalue weighted by atomic mass is 16.3. The van der Waals surface area contributed by atoms with Crippen molar-refractivity contribution in [2.24, 2.45) is 0 Å². The van der Waals surface area contributed by atoms with Crippen molar-refractivity contribution in [1.29, 1.82) is 0 Å². The summed E-state index contributed by atoms with van der Waals surface area (Å²) in [6, 6.07) is 13.1. The van der Waals surface area contributed by atoms with E-state index in [-0.39, 0.29) is 23.6 Å². The predicted octanol–water partition coefficient (Wildman–Crippen LogP) is 1.44. The van der Waals surface area contributed by atoms with Crippen molar-refractivity contribution in [2.75, 3.05) is 12.3 Å². The molecule has 2 rings (SSSR count). The maximum atomic E-state index is 12.1. The van der Waals surface area contributed by atoms with Crippen LogP contribution in [0.3, 0.4) is 0 Å². The van der Waals surface area contributed by atoms with Gasteiger partial charge in [0.25, 0.3) is 5.91 Å². The number of benzene rings is 2. The average molecular weight is 272 g/mol. The monoisotopic (exact) mass is 272 g/mol. The van der Waals surface area contributed by atoms with Crippen LogP contribution in [0.2, 0.25) is 0 Å². The summed E-state index contributed by atoms with van der Waals surface area (Å²) in [5.41, 5.74) is 6.56. The number of phenolic OH excluding ortho intramolecular Hbond substituents is 1. The maximum Gasteiger partial charge on any atom is 0.255 e. The number of hydrogen-bond donors (Lipinski definition) is 4. The zero-order chi connectivity index (χ0) is 14.5. The molecule has 0 aliphatic carbocycles. The molecule has 0 aromatic heterocycles. The van der Waals surface area contributed by atoms with Crippen LogP contribution < -0.4 is 11.1 Å². The Labute approximate surface area is 116 Å². The SMILES string of the molecule is Nc1cccc(C(=O)N[C@H](CO)c2ccccc2)c1O. The van der Waals surface area contributed by atoms with E-state index in [2.05, 4.69) is 5.32 Å². The van der Waals surface area contributed by atoms with E-state index in [4.69, 9.17) is 5.73 Å². The Kier molecular flexibility index (Phi) is 4.22. The molecule has 0 aliphatic rings. The van der Waals surface area contributed by atoms with Gasteiger partial charge >= 0.3 is 0 Å². The van der Waals surface area contributed by atoms with E-state index in [0.29, 0.717) is 0 Å². The minimum absolute atomic E-state index is 0.0828. The molecule has 20 heavy (non-hydrogen) atoms. The fourth-order valence-corrected chi connectivity index (χ4v) is 1.90. The number of phenols is 1. The van der Waals surface area contributed by atoms with Crippen molar-refractivity contribution in [1.82, 2.24) is 5.32 Å². The number of aliphatic hydroxyl groups excluding tert-OH is 1. The van der Waals surface area contributed by atoms with Crippen molar-refractivity contribution in [3.05, 3.63) is 59.7 Å². The molecule has 5 nitrogen and oxygen atoms in total. The lowest BCUT2D eigenvalue weighted by Gasteiger charge is -2.17. The molecule has 2 aromatic rings. The van der Waals surface area contributed by atoms with Crippen LogP contribution in [0.25, 0.3) is 0 Å². The molecule has 0 aliphatic heterocycles. The third kappa shape index (κ3) is 2.89. The Morgan fingerprint density at radius 3 is 2.50 bits per heavy atom. The predicted molar refractivity (Wildman–Crippen MR) is 76.3 cm³/mol. The largest absolute Gasteiger partial charge is 0.505 e. The molecule has 1 amide bonds. The Hall–Kier alpha value is -2.53. The number of amides is 1. The van der Waals surface area contributed by atoms with Gasteiger partial charge in [0, 0.05) is 0 Å². The molecular weight excluding hydrogens is 256 g/mol. The Balaban J connectivity index is 2.20. The van der Waals surface area contributed by atoms with Gasteiger partial charge in [0.2, 0.25) is 0 Å². The number of carbonyl (C=O) groups excluding carboxylic acids is 1. The van der Waals surface area contributed by atoms with E-state index in [1.165, 1.54) is 12.1 Å². The van der Waals surface area contributed by atoms with Gasteiger partial charge in [-0.05, 0) is 17.7 Å². The smallest absolute Gasteiger partial charge is 0.255 e. The molecule has 5 N–H and O–H groups in total. The third-order valence-electron chi connectivity index (χ3n) is 3.00. The van der Waals surface area contributed by atoms with Gasteiger partial charge in [0.15, 0.2) is 5.75 Å². The fourth-order valence-electron chi connectivity index (χ4n) is 1.90. The molecule has 0 bridgehead atoms. The number of carbonyl (C=O) groups is 1. The second-order valence-corrected chi connectivity index (χ2v) is 4.36. The van der Waals surface area contributed by atoms with E-state index in [9.17, 15) is 15.0 Å².